The van der Waals surface area contributed by atoms with E-state index in [1.165, 1.54) is 5.56 Å². The molecule has 0 amide bonds. The van der Waals surface area contributed by atoms with Crippen LogP contribution < -0.4 is 5.32 Å². The van der Waals surface area contributed by atoms with Gasteiger partial charge in [0.2, 0.25) is 0 Å². The van der Waals surface area contributed by atoms with Gasteiger partial charge in [0.1, 0.15) is 0 Å². The molecule has 0 saturated heterocycles. The van der Waals surface area contributed by atoms with Crippen molar-refractivity contribution in [3.8, 4) is 0 Å². The van der Waals surface area contributed by atoms with Gasteiger partial charge in [0.15, 0.2) is 0 Å². The third-order valence-corrected chi connectivity index (χ3v) is 3.99. The van der Waals surface area contributed by atoms with Gasteiger partial charge in [-0.3, -0.25) is 0 Å². The van der Waals surface area contributed by atoms with Crippen LogP contribution in [0.15, 0.2) is 42.5 Å². The van der Waals surface area contributed by atoms with E-state index in [1.807, 2.05) is 24.3 Å². The molecular weight excluding hydrogens is 329 g/mol. The highest BCUT2D eigenvalue weighted by Crippen LogP contribution is 2.25. The molecule has 112 valence electrons. The standard InChI is InChI=1S/C16H16Cl3NO/c17-12-3-1-11(2-4-12)7-8-20-10-16(21)14-9-13(18)5-6-15(14)19/h1-6,9,16,20-21H,7-8,10H2. The van der Waals surface area contributed by atoms with Gasteiger partial charge in [-0.1, -0.05) is 46.9 Å². The van der Waals surface area contributed by atoms with Crippen molar-refractivity contribution in [2.24, 2.45) is 0 Å². The molecule has 2 rings (SSSR count). The SMILES string of the molecule is OC(CNCCc1ccc(Cl)cc1)c1cc(Cl)ccc1Cl. The Bertz CT molecular complexity index is 587. The molecule has 0 heterocycles. The number of benzene rings is 2. The van der Waals surface area contributed by atoms with Crippen LogP contribution in [0.25, 0.3) is 0 Å². The van der Waals surface area contributed by atoms with Crippen LogP contribution in [-0.4, -0.2) is 18.2 Å². The van der Waals surface area contributed by atoms with Crippen molar-refractivity contribution in [2.45, 2.75) is 12.5 Å². The lowest BCUT2D eigenvalue weighted by Crippen LogP contribution is -2.24. The van der Waals surface area contributed by atoms with Crippen molar-refractivity contribution in [1.82, 2.24) is 5.32 Å². The van der Waals surface area contributed by atoms with E-state index in [9.17, 15) is 5.11 Å². The molecule has 0 spiro atoms. The van der Waals surface area contributed by atoms with Crippen LogP contribution in [0.1, 0.15) is 17.2 Å². The summed E-state index contributed by atoms with van der Waals surface area (Å²) in [5, 5.41) is 15.2. The van der Waals surface area contributed by atoms with Crippen molar-refractivity contribution in [3.63, 3.8) is 0 Å². The zero-order chi connectivity index (χ0) is 15.2. The number of hydrogen-bond donors (Lipinski definition) is 2. The number of aliphatic hydroxyl groups is 1. The van der Waals surface area contributed by atoms with E-state index in [-0.39, 0.29) is 0 Å². The Kier molecular flexibility index (Phi) is 6.34. The number of hydrogen-bond acceptors (Lipinski definition) is 2. The molecule has 2 aromatic rings. The van der Waals surface area contributed by atoms with Crippen LogP contribution in [0.2, 0.25) is 15.1 Å². The molecule has 21 heavy (non-hydrogen) atoms. The lowest BCUT2D eigenvalue weighted by Gasteiger charge is -2.14. The third kappa shape index (κ3) is 5.17. The van der Waals surface area contributed by atoms with Gasteiger partial charge in [0, 0.05) is 27.2 Å². The average Bonchev–Trinajstić information content (AvgIpc) is 2.47. The highest BCUT2D eigenvalue weighted by Gasteiger charge is 2.11. The first kappa shape index (κ1) is 16.6. The zero-order valence-electron chi connectivity index (χ0n) is 11.3. The molecule has 2 aromatic carbocycles. The Morgan fingerprint density at radius 3 is 2.33 bits per heavy atom. The molecule has 0 aromatic heterocycles. The second-order valence-corrected chi connectivity index (χ2v) is 6.04. The molecule has 5 heteroatoms. The van der Waals surface area contributed by atoms with Crippen molar-refractivity contribution in [2.75, 3.05) is 13.1 Å². The zero-order valence-corrected chi connectivity index (χ0v) is 13.6. The number of nitrogens with one attached hydrogen (secondary N) is 1. The van der Waals surface area contributed by atoms with Crippen LogP contribution >= 0.6 is 34.8 Å². The second kappa shape index (κ2) is 8.02. The monoisotopic (exact) mass is 343 g/mol. The second-order valence-electron chi connectivity index (χ2n) is 4.76. The number of rotatable bonds is 6. The lowest BCUT2D eigenvalue weighted by molar-refractivity contribution is 0.175. The van der Waals surface area contributed by atoms with Gasteiger partial charge in [0.05, 0.1) is 6.10 Å². The lowest BCUT2D eigenvalue weighted by atomic mass is 10.1. The van der Waals surface area contributed by atoms with E-state index in [1.54, 1.807) is 18.2 Å². The van der Waals surface area contributed by atoms with E-state index in [2.05, 4.69) is 5.32 Å². The summed E-state index contributed by atoms with van der Waals surface area (Å²) < 4.78 is 0. The molecule has 1 atom stereocenters. The van der Waals surface area contributed by atoms with Crippen LogP contribution in [0.5, 0.6) is 0 Å². The average molecular weight is 345 g/mol. The predicted molar refractivity (Wildman–Crippen MR) is 89.4 cm³/mol. The molecule has 0 fully saturated rings. The van der Waals surface area contributed by atoms with Crippen molar-refractivity contribution < 1.29 is 5.11 Å². The fourth-order valence-electron chi connectivity index (χ4n) is 2.00. The molecule has 2 nitrogen and oxygen atoms in total. The van der Waals surface area contributed by atoms with Gasteiger partial charge in [-0.05, 0) is 48.9 Å². The molecule has 0 aliphatic heterocycles. The van der Waals surface area contributed by atoms with Crippen LogP contribution in [0.4, 0.5) is 0 Å². The molecule has 0 radical (unpaired) electrons. The van der Waals surface area contributed by atoms with Gasteiger partial charge >= 0.3 is 0 Å². The Balaban J connectivity index is 1.80. The molecule has 2 N–H and O–H groups in total. The van der Waals surface area contributed by atoms with Crippen LogP contribution in [0, 0.1) is 0 Å². The van der Waals surface area contributed by atoms with Gasteiger partial charge in [-0.15, -0.1) is 0 Å². The smallest absolute Gasteiger partial charge is 0.0929 e. The maximum atomic E-state index is 10.1. The highest BCUT2D eigenvalue weighted by molar-refractivity contribution is 6.33. The summed E-state index contributed by atoms with van der Waals surface area (Å²) >= 11 is 17.8. The maximum absolute atomic E-state index is 10.1. The van der Waals surface area contributed by atoms with E-state index in [0.717, 1.165) is 18.0 Å². The Morgan fingerprint density at radius 1 is 0.952 bits per heavy atom. The summed E-state index contributed by atoms with van der Waals surface area (Å²) in [5.41, 5.74) is 1.84. The van der Waals surface area contributed by atoms with E-state index < -0.39 is 6.10 Å². The van der Waals surface area contributed by atoms with Crippen molar-refractivity contribution in [1.29, 1.82) is 0 Å². The topological polar surface area (TPSA) is 32.3 Å². The van der Waals surface area contributed by atoms with Crippen LogP contribution in [-0.2, 0) is 6.42 Å². The quantitative estimate of drug-likeness (QED) is 0.756. The van der Waals surface area contributed by atoms with Crippen molar-refractivity contribution >= 4 is 34.8 Å². The minimum Gasteiger partial charge on any atom is -0.387 e. The fourth-order valence-corrected chi connectivity index (χ4v) is 2.55. The summed E-state index contributed by atoms with van der Waals surface area (Å²) in [4.78, 5) is 0. The summed E-state index contributed by atoms with van der Waals surface area (Å²) in [6.07, 6.45) is 0.189. The Hall–Kier alpha value is -0.770. The van der Waals surface area contributed by atoms with E-state index >= 15 is 0 Å². The molecule has 0 bridgehead atoms. The summed E-state index contributed by atoms with van der Waals surface area (Å²) in [5.74, 6) is 0. The summed E-state index contributed by atoms with van der Waals surface area (Å²) in [7, 11) is 0. The predicted octanol–water partition coefficient (Wildman–Crippen LogP) is 4.51. The van der Waals surface area contributed by atoms with Gasteiger partial charge in [-0.25, -0.2) is 0 Å². The molecule has 0 aliphatic carbocycles. The van der Waals surface area contributed by atoms with Gasteiger partial charge in [0.25, 0.3) is 0 Å². The molecular formula is C16H16Cl3NO. The fraction of sp³-hybridized carbons (Fsp3) is 0.250. The van der Waals surface area contributed by atoms with Crippen LogP contribution in [0.3, 0.4) is 0 Å². The van der Waals surface area contributed by atoms with E-state index in [0.29, 0.717) is 22.2 Å². The van der Waals surface area contributed by atoms with Gasteiger partial charge < -0.3 is 10.4 Å². The first-order chi connectivity index (χ1) is 10.1. The third-order valence-electron chi connectivity index (χ3n) is 3.16. The summed E-state index contributed by atoms with van der Waals surface area (Å²) in [6, 6.07) is 12.8. The molecule has 0 aliphatic rings. The highest BCUT2D eigenvalue weighted by atomic mass is 35.5. The molecule has 1 unspecified atom stereocenters. The van der Waals surface area contributed by atoms with E-state index in [4.69, 9.17) is 34.8 Å². The largest absolute Gasteiger partial charge is 0.387 e. The summed E-state index contributed by atoms with van der Waals surface area (Å²) in [6.45, 7) is 1.19. The van der Waals surface area contributed by atoms with Gasteiger partial charge in [-0.2, -0.15) is 0 Å². The maximum Gasteiger partial charge on any atom is 0.0929 e. The molecule has 0 saturated carbocycles. The minimum atomic E-state index is -0.679. The Labute approximate surface area is 139 Å². The minimum absolute atomic E-state index is 0.424. The number of aliphatic hydroxyl groups excluding tert-OH is 1. The van der Waals surface area contributed by atoms with Crippen molar-refractivity contribution in [3.05, 3.63) is 68.7 Å². The number of halogens is 3. The first-order valence-corrected chi connectivity index (χ1v) is 7.78. The normalized spacial score (nSPS) is 12.4. The Morgan fingerprint density at radius 2 is 1.62 bits per heavy atom. The first-order valence-electron chi connectivity index (χ1n) is 6.64.